The topological polar surface area (TPSA) is 220 Å². The first-order valence-electron chi connectivity index (χ1n) is 15.8. The van der Waals surface area contributed by atoms with Gasteiger partial charge in [-0.1, -0.05) is 0 Å². The number of alkyl halides is 6. The van der Waals surface area contributed by atoms with Crippen molar-refractivity contribution in [2.45, 2.75) is 42.9 Å². The van der Waals surface area contributed by atoms with Crippen molar-refractivity contribution in [3.05, 3.63) is 52.1 Å². The molecular formula is C33H33F6N5O9. The molecule has 0 bridgehead atoms. The number of nitrogens with zero attached hydrogens (tertiary/aromatic N) is 2. The number of nitrogens with one attached hydrogen (secondary N) is 2. The van der Waals surface area contributed by atoms with Crippen molar-refractivity contribution in [2.24, 2.45) is 29.4 Å². The number of aliphatic hydroxyl groups is 2. The molecule has 3 aliphatic carbocycles. The Balaban J connectivity index is 1.51. The molecule has 0 radical (unpaired) electrons. The molecule has 2 saturated carbocycles. The van der Waals surface area contributed by atoms with Crippen molar-refractivity contribution in [3.8, 4) is 5.75 Å². The van der Waals surface area contributed by atoms with Crippen LogP contribution in [-0.4, -0.2) is 101 Å². The smallest absolute Gasteiger partial charge is 0.417 e. The lowest BCUT2D eigenvalue weighted by Crippen LogP contribution is -2.75. The molecule has 5 rings (SSSR count). The highest BCUT2D eigenvalue weighted by atomic mass is 19.4. The number of fused-ring (bicyclic) bond motifs is 3. The minimum absolute atomic E-state index is 0.117. The number of imide groups is 1. The fourth-order valence-corrected chi connectivity index (χ4v) is 7.84. The fourth-order valence-electron chi connectivity index (χ4n) is 7.84. The molecule has 53 heavy (non-hydrogen) atoms. The Kier molecular flexibility index (Phi) is 9.67. The van der Waals surface area contributed by atoms with Gasteiger partial charge in [-0.05, 0) is 62.7 Å². The molecule has 0 aromatic heterocycles. The number of carbonyl (C=O) groups is 6. The summed E-state index contributed by atoms with van der Waals surface area (Å²) in [5, 5.41) is 37.6. The number of nitrogens with two attached hydrogens (primary N) is 1. The van der Waals surface area contributed by atoms with E-state index in [4.69, 9.17) is 5.73 Å². The summed E-state index contributed by atoms with van der Waals surface area (Å²) in [4.78, 5) is 82.5. The number of halogens is 6. The van der Waals surface area contributed by atoms with Crippen LogP contribution >= 0.6 is 0 Å². The zero-order valence-electron chi connectivity index (χ0n) is 28.2. The van der Waals surface area contributed by atoms with E-state index >= 15 is 0 Å². The number of anilines is 2. The molecule has 14 nitrogen and oxygen atoms in total. The van der Waals surface area contributed by atoms with Crippen molar-refractivity contribution >= 4 is 46.6 Å². The number of ketones is 3. The summed E-state index contributed by atoms with van der Waals surface area (Å²) >= 11 is 0. The number of aliphatic hydroxyl groups excluding tert-OH is 1. The van der Waals surface area contributed by atoms with Crippen LogP contribution in [0.4, 0.5) is 42.5 Å². The third-order valence-electron chi connectivity index (χ3n) is 10.1. The average molecular weight is 758 g/mol. The summed E-state index contributed by atoms with van der Waals surface area (Å²) < 4.78 is 80.1. The molecule has 286 valence electrons. The van der Waals surface area contributed by atoms with E-state index in [1.165, 1.54) is 43.3 Å². The van der Waals surface area contributed by atoms with Crippen molar-refractivity contribution in [3.63, 3.8) is 0 Å². The Bertz CT molecular complexity index is 1950. The predicted octanol–water partition coefficient (Wildman–Crippen LogP) is 1.72. The second-order valence-electron chi connectivity index (χ2n) is 13.7. The Morgan fingerprint density at radius 2 is 1.58 bits per heavy atom. The van der Waals surface area contributed by atoms with E-state index in [0.29, 0.717) is 0 Å². The minimum Gasteiger partial charge on any atom is -0.505 e. The molecule has 0 spiro atoms. The van der Waals surface area contributed by atoms with Gasteiger partial charge in [0.05, 0.1) is 40.0 Å². The first-order valence-corrected chi connectivity index (χ1v) is 15.8. The maximum absolute atomic E-state index is 14.2. The number of phenolic OH excluding ortho intramolecular Hbond substituents is 1. The van der Waals surface area contributed by atoms with Gasteiger partial charge >= 0.3 is 18.4 Å². The van der Waals surface area contributed by atoms with Crippen molar-refractivity contribution < 1.29 is 70.4 Å². The number of Topliss-reactive ketones (excluding diaryl/α,β-unsaturated/α-hetero) is 3. The molecular weight excluding hydrogens is 724 g/mol. The van der Waals surface area contributed by atoms with Crippen LogP contribution in [0.1, 0.15) is 43.8 Å². The average Bonchev–Trinajstić information content (AvgIpc) is 3.02. The summed E-state index contributed by atoms with van der Waals surface area (Å²) in [6, 6.07) is -1.42. The van der Waals surface area contributed by atoms with E-state index in [9.17, 15) is 70.4 Å². The Morgan fingerprint density at radius 1 is 0.962 bits per heavy atom. The largest absolute Gasteiger partial charge is 0.505 e. The molecule has 7 atom stereocenters. The molecule has 4 amide bonds. The van der Waals surface area contributed by atoms with Gasteiger partial charge in [-0.2, -0.15) is 26.3 Å². The van der Waals surface area contributed by atoms with Gasteiger partial charge in [-0.3, -0.25) is 29.3 Å². The number of rotatable bonds is 5. The van der Waals surface area contributed by atoms with Crippen molar-refractivity contribution in [1.29, 1.82) is 0 Å². The van der Waals surface area contributed by atoms with Gasteiger partial charge in [-0.15, -0.1) is 0 Å². The molecule has 20 heteroatoms. The number of benzene rings is 2. The number of phenols is 1. The van der Waals surface area contributed by atoms with E-state index in [1.54, 1.807) is 0 Å². The number of carbonyl (C=O) groups excluding carboxylic acids is 6. The normalized spacial score (nSPS) is 27.1. The Labute approximate surface area is 295 Å². The summed E-state index contributed by atoms with van der Waals surface area (Å²) in [6.45, 7) is 0. The van der Waals surface area contributed by atoms with Crippen LogP contribution in [-0.2, 0) is 33.2 Å². The van der Waals surface area contributed by atoms with E-state index in [2.05, 4.69) is 0 Å². The third kappa shape index (κ3) is 6.37. The monoisotopic (exact) mass is 757 g/mol. The molecule has 3 aliphatic rings. The molecule has 0 heterocycles. The maximum Gasteiger partial charge on any atom is 0.417 e. The highest BCUT2D eigenvalue weighted by Gasteiger charge is 2.69. The molecule has 7 N–H and O–H groups in total. The second-order valence-corrected chi connectivity index (χ2v) is 13.7. The lowest BCUT2D eigenvalue weighted by molar-refractivity contribution is -0.190. The van der Waals surface area contributed by atoms with E-state index in [1.807, 2.05) is 5.32 Å². The molecule has 0 aliphatic heterocycles. The molecule has 0 saturated heterocycles. The number of aromatic hydroxyl groups is 1. The quantitative estimate of drug-likeness (QED) is 0.147. The van der Waals surface area contributed by atoms with Crippen LogP contribution in [0.25, 0.3) is 0 Å². The van der Waals surface area contributed by atoms with E-state index < -0.39 is 123 Å². The summed E-state index contributed by atoms with van der Waals surface area (Å²) in [7, 11) is 5.98. The fraction of sp³-hybridized carbons (Fsp3) is 0.455. The number of primary amides is 1. The lowest BCUT2D eigenvalue weighted by Gasteiger charge is -2.55. The third-order valence-corrected chi connectivity index (χ3v) is 10.1. The van der Waals surface area contributed by atoms with Gasteiger partial charge in [0.15, 0.2) is 23.0 Å². The number of amides is 4. The van der Waals surface area contributed by atoms with Gasteiger partial charge in [0, 0.05) is 31.7 Å². The van der Waals surface area contributed by atoms with Crippen LogP contribution < -0.4 is 21.3 Å². The van der Waals surface area contributed by atoms with Crippen LogP contribution in [0.5, 0.6) is 5.75 Å². The number of likely N-dealkylation sites (N-methyl/N-ethyl adjacent to an activating group) is 1. The molecule has 2 aromatic rings. The number of urea groups is 1. The Hall–Kier alpha value is -5.08. The van der Waals surface area contributed by atoms with Crippen molar-refractivity contribution in [1.82, 2.24) is 10.2 Å². The van der Waals surface area contributed by atoms with Gasteiger partial charge < -0.3 is 36.2 Å². The van der Waals surface area contributed by atoms with Crippen molar-refractivity contribution in [2.75, 3.05) is 38.4 Å². The number of hydrogen-bond donors (Lipinski definition) is 6. The second kappa shape index (κ2) is 13.1. The highest BCUT2D eigenvalue weighted by Crippen LogP contribution is 2.53. The van der Waals surface area contributed by atoms with Gasteiger partial charge in [0.1, 0.15) is 11.7 Å². The zero-order chi connectivity index (χ0) is 39.9. The SMILES string of the molecule is CN(C)c1cc(NC(=O)NC(=O)c2ccc(C(F)(F)F)cc2C(F)(F)F)c(O)c2c1C[C@@H]1C[C@@H]3[C@@H](N(C)C)C(O)C(C(N)=O)C(=O)[C@]3(O)C(=O)C1C2=O. The van der Waals surface area contributed by atoms with E-state index in [0.717, 1.165) is 6.07 Å². The van der Waals surface area contributed by atoms with Gasteiger partial charge in [-0.25, -0.2) is 4.79 Å². The standard InChI is InChI=1S/C33H33F6N5O9/c1-43(2)18-10-17(41-30(52)42-29(51)13-6-5-12(32(34,35)36)9-15(13)33(37,38)39)23(45)20-14(18)7-11-8-16-22(44(3)4)25(47)21(28(40)50)27(49)31(16,53)26(48)19(11)24(20)46/h5-6,9-11,16,19,21-22,25,45,47,53H,7-8H2,1-4H3,(H2,40,50)(H2,41,42,51,52)/t11-,16-,19?,21?,22-,25?,31-/m1/s1. The summed E-state index contributed by atoms with van der Waals surface area (Å²) in [5.41, 5.74) is -3.39. The zero-order valence-corrected chi connectivity index (χ0v) is 28.2. The van der Waals surface area contributed by atoms with Crippen LogP contribution in [0.2, 0.25) is 0 Å². The van der Waals surface area contributed by atoms with Gasteiger partial charge in [0.25, 0.3) is 5.91 Å². The Morgan fingerprint density at radius 3 is 2.11 bits per heavy atom. The van der Waals surface area contributed by atoms with Crippen LogP contribution in [0.15, 0.2) is 24.3 Å². The van der Waals surface area contributed by atoms with E-state index in [-0.39, 0.29) is 42.3 Å². The first-order chi connectivity index (χ1) is 24.3. The molecule has 2 aromatic carbocycles. The van der Waals surface area contributed by atoms with Gasteiger partial charge in [0.2, 0.25) is 5.91 Å². The van der Waals surface area contributed by atoms with Crippen LogP contribution in [0.3, 0.4) is 0 Å². The first kappa shape index (κ1) is 39.1. The minimum atomic E-state index is -5.44. The summed E-state index contributed by atoms with van der Waals surface area (Å²) in [5.74, 6) is -13.8. The molecule has 3 unspecified atom stereocenters. The maximum atomic E-state index is 14.2. The number of hydrogen-bond acceptors (Lipinski definition) is 11. The predicted molar refractivity (Wildman–Crippen MR) is 170 cm³/mol. The highest BCUT2D eigenvalue weighted by molar-refractivity contribution is 6.26. The molecule has 2 fully saturated rings. The summed E-state index contributed by atoms with van der Waals surface area (Å²) in [6.07, 6.45) is -12.6. The van der Waals surface area contributed by atoms with Crippen LogP contribution in [0, 0.1) is 23.7 Å². The lowest BCUT2D eigenvalue weighted by atomic mass is 9.52.